The summed E-state index contributed by atoms with van der Waals surface area (Å²) in [6.45, 7) is 1.28. The second-order valence-electron chi connectivity index (χ2n) is 8.17. The van der Waals surface area contributed by atoms with Gasteiger partial charge in [-0.2, -0.15) is 0 Å². The van der Waals surface area contributed by atoms with E-state index in [1.165, 1.54) is 23.1 Å². The van der Waals surface area contributed by atoms with Crippen LogP contribution in [0.25, 0.3) is 0 Å². The van der Waals surface area contributed by atoms with Gasteiger partial charge in [0.2, 0.25) is 0 Å². The highest BCUT2D eigenvalue weighted by Gasteiger charge is 2.40. The lowest BCUT2D eigenvalue weighted by Gasteiger charge is -2.40. The van der Waals surface area contributed by atoms with Crippen LogP contribution in [0, 0.1) is 10.1 Å². The number of nitro benzene ring substituents is 1. The first-order valence-electron chi connectivity index (χ1n) is 10.2. The Balaban J connectivity index is 1.72. The number of halogens is 2. The molecule has 31 heavy (non-hydrogen) atoms. The quantitative estimate of drug-likeness (QED) is 0.548. The molecule has 164 valence electrons. The molecule has 0 spiro atoms. The van der Waals surface area contributed by atoms with Crippen molar-refractivity contribution in [3.05, 3.63) is 69.8 Å². The Morgan fingerprint density at radius 3 is 2.52 bits per heavy atom. The highest BCUT2D eigenvalue weighted by atomic mass is 19.3. The average molecular weight is 430 g/mol. The molecule has 0 radical (unpaired) electrons. The van der Waals surface area contributed by atoms with Gasteiger partial charge in [0.25, 0.3) is 17.5 Å². The molecule has 2 fully saturated rings. The number of likely N-dealkylation sites (N-methyl/N-ethyl adjacent to an activating group) is 1. The predicted molar refractivity (Wildman–Crippen MR) is 113 cm³/mol. The molecule has 1 amide bonds. The van der Waals surface area contributed by atoms with Gasteiger partial charge in [-0.05, 0) is 18.7 Å². The molecular formula is C22H24F2N4O3. The fourth-order valence-electron chi connectivity index (χ4n) is 4.30. The number of hydrogen-bond donors (Lipinski definition) is 0. The molecule has 0 aromatic heterocycles. The molecule has 9 heteroatoms. The summed E-state index contributed by atoms with van der Waals surface area (Å²) in [7, 11) is 1.99. The summed E-state index contributed by atoms with van der Waals surface area (Å²) in [5, 5.41) is 11.3. The number of piperazine rings is 1. The molecule has 2 heterocycles. The van der Waals surface area contributed by atoms with E-state index >= 15 is 0 Å². The fourth-order valence-corrected chi connectivity index (χ4v) is 4.30. The highest BCUT2D eigenvalue weighted by Crippen LogP contribution is 2.36. The zero-order valence-electron chi connectivity index (χ0n) is 17.2. The third kappa shape index (κ3) is 4.36. The lowest BCUT2D eigenvalue weighted by molar-refractivity contribution is -0.384. The SMILES string of the molecule is CN1CCN(C(=O)c2ccc([N+](=O)[O-])cc2N2CCC(F)(F)C2)C(c2ccccc2)C1. The molecule has 0 saturated carbocycles. The van der Waals surface area contributed by atoms with Crippen LogP contribution in [0.2, 0.25) is 0 Å². The second kappa shape index (κ2) is 8.22. The van der Waals surface area contributed by atoms with Crippen molar-refractivity contribution in [2.45, 2.75) is 18.4 Å². The number of alkyl halides is 2. The summed E-state index contributed by atoms with van der Waals surface area (Å²) >= 11 is 0. The zero-order valence-corrected chi connectivity index (χ0v) is 17.2. The number of carbonyl (C=O) groups excluding carboxylic acids is 1. The number of non-ortho nitro benzene ring substituents is 1. The van der Waals surface area contributed by atoms with Gasteiger partial charge in [-0.15, -0.1) is 0 Å². The van der Waals surface area contributed by atoms with Crippen molar-refractivity contribution in [1.82, 2.24) is 9.80 Å². The molecule has 2 aliphatic rings. The molecule has 7 nitrogen and oxygen atoms in total. The van der Waals surface area contributed by atoms with Crippen LogP contribution in [0.15, 0.2) is 48.5 Å². The van der Waals surface area contributed by atoms with E-state index in [1.807, 2.05) is 37.4 Å². The Morgan fingerprint density at radius 1 is 1.13 bits per heavy atom. The van der Waals surface area contributed by atoms with Crippen molar-refractivity contribution >= 4 is 17.3 Å². The van der Waals surface area contributed by atoms with Crippen LogP contribution in [0.5, 0.6) is 0 Å². The van der Waals surface area contributed by atoms with Gasteiger partial charge in [-0.1, -0.05) is 30.3 Å². The van der Waals surface area contributed by atoms with E-state index in [0.717, 1.165) is 5.56 Å². The van der Waals surface area contributed by atoms with Crippen LogP contribution in [0.4, 0.5) is 20.2 Å². The first-order valence-corrected chi connectivity index (χ1v) is 10.2. The molecule has 0 aliphatic carbocycles. The van der Waals surface area contributed by atoms with E-state index in [1.54, 1.807) is 4.90 Å². The van der Waals surface area contributed by atoms with Crippen molar-refractivity contribution < 1.29 is 18.5 Å². The molecule has 1 atom stereocenters. The van der Waals surface area contributed by atoms with Crippen LogP contribution in [0.3, 0.4) is 0 Å². The first kappa shape index (κ1) is 21.2. The number of anilines is 1. The lowest BCUT2D eigenvalue weighted by Crippen LogP contribution is -2.49. The minimum absolute atomic E-state index is 0.0410. The summed E-state index contributed by atoms with van der Waals surface area (Å²) in [6, 6.07) is 13.4. The third-order valence-electron chi connectivity index (χ3n) is 5.96. The van der Waals surface area contributed by atoms with Crippen molar-refractivity contribution in [2.75, 3.05) is 44.7 Å². The molecule has 2 aromatic rings. The lowest BCUT2D eigenvalue weighted by atomic mass is 10.0. The number of nitrogens with zero attached hydrogens (tertiary/aromatic N) is 4. The van der Waals surface area contributed by atoms with Gasteiger partial charge in [0.1, 0.15) is 0 Å². The van der Waals surface area contributed by atoms with E-state index < -0.39 is 17.4 Å². The zero-order chi connectivity index (χ0) is 22.2. The molecule has 2 saturated heterocycles. The van der Waals surface area contributed by atoms with Crippen molar-refractivity contribution in [1.29, 1.82) is 0 Å². The Kier molecular flexibility index (Phi) is 5.62. The Labute approximate surface area is 179 Å². The van der Waals surface area contributed by atoms with Gasteiger partial charge in [0, 0.05) is 44.7 Å². The second-order valence-corrected chi connectivity index (χ2v) is 8.17. The molecule has 0 bridgehead atoms. The molecule has 2 aliphatic heterocycles. The van der Waals surface area contributed by atoms with Crippen molar-refractivity contribution in [3.63, 3.8) is 0 Å². The maximum absolute atomic E-state index is 13.9. The maximum Gasteiger partial charge on any atom is 0.271 e. The van der Waals surface area contributed by atoms with E-state index in [4.69, 9.17) is 0 Å². The van der Waals surface area contributed by atoms with Crippen LogP contribution >= 0.6 is 0 Å². The first-order chi connectivity index (χ1) is 14.7. The Hall–Kier alpha value is -3.07. The minimum Gasteiger partial charge on any atom is -0.364 e. The van der Waals surface area contributed by atoms with Crippen molar-refractivity contribution in [2.24, 2.45) is 0 Å². The minimum atomic E-state index is -2.88. The topological polar surface area (TPSA) is 69.9 Å². The fraction of sp³-hybridized carbons (Fsp3) is 0.409. The van der Waals surface area contributed by atoms with E-state index in [0.29, 0.717) is 19.6 Å². The summed E-state index contributed by atoms with van der Waals surface area (Å²) in [5.74, 6) is -3.19. The Bertz CT molecular complexity index is 986. The van der Waals surface area contributed by atoms with Crippen LogP contribution in [0.1, 0.15) is 28.4 Å². The van der Waals surface area contributed by atoms with Crippen molar-refractivity contribution in [3.8, 4) is 0 Å². The number of benzene rings is 2. The monoisotopic (exact) mass is 430 g/mol. The standard InChI is InChI=1S/C22H24F2N4O3/c1-25-11-12-27(20(14-25)16-5-3-2-4-6-16)21(29)18-8-7-17(28(30)31)13-19(18)26-10-9-22(23,24)15-26/h2-8,13,20H,9-12,14-15H2,1H3. The predicted octanol–water partition coefficient (Wildman–Crippen LogP) is 3.57. The van der Waals surface area contributed by atoms with Crippen LogP contribution in [-0.2, 0) is 0 Å². The number of hydrogen-bond acceptors (Lipinski definition) is 5. The summed E-state index contributed by atoms with van der Waals surface area (Å²) in [5.41, 5.74) is 1.18. The summed E-state index contributed by atoms with van der Waals surface area (Å²) in [4.78, 5) is 29.6. The van der Waals surface area contributed by atoms with Gasteiger partial charge >= 0.3 is 0 Å². The van der Waals surface area contributed by atoms with Gasteiger partial charge < -0.3 is 14.7 Å². The van der Waals surface area contributed by atoms with E-state index in [2.05, 4.69) is 4.90 Å². The third-order valence-corrected chi connectivity index (χ3v) is 5.96. The van der Waals surface area contributed by atoms with E-state index in [9.17, 15) is 23.7 Å². The normalized spacial score (nSPS) is 21.3. The number of amides is 1. The number of carbonyl (C=O) groups is 1. The van der Waals surface area contributed by atoms with Gasteiger partial charge in [0.15, 0.2) is 0 Å². The number of rotatable bonds is 4. The highest BCUT2D eigenvalue weighted by molar-refractivity contribution is 6.00. The van der Waals surface area contributed by atoms with Gasteiger partial charge in [-0.25, -0.2) is 8.78 Å². The summed E-state index contributed by atoms with van der Waals surface area (Å²) in [6.07, 6.45) is -0.343. The Morgan fingerprint density at radius 2 is 1.87 bits per heavy atom. The molecular weight excluding hydrogens is 406 g/mol. The van der Waals surface area contributed by atoms with Gasteiger partial charge in [0.05, 0.1) is 28.8 Å². The van der Waals surface area contributed by atoms with Crippen LogP contribution < -0.4 is 4.90 Å². The van der Waals surface area contributed by atoms with Crippen LogP contribution in [-0.4, -0.2) is 66.3 Å². The molecule has 1 unspecified atom stereocenters. The molecule has 4 rings (SSSR count). The maximum atomic E-state index is 13.9. The smallest absolute Gasteiger partial charge is 0.271 e. The van der Waals surface area contributed by atoms with E-state index in [-0.39, 0.29) is 41.9 Å². The van der Waals surface area contributed by atoms with Gasteiger partial charge in [-0.3, -0.25) is 14.9 Å². The largest absolute Gasteiger partial charge is 0.364 e. The molecule has 0 N–H and O–H groups in total. The number of nitro groups is 1. The molecule has 2 aromatic carbocycles. The summed E-state index contributed by atoms with van der Waals surface area (Å²) < 4.78 is 27.8. The average Bonchev–Trinajstić information content (AvgIpc) is 3.13.